The Hall–Kier alpha value is -0.850. The summed E-state index contributed by atoms with van der Waals surface area (Å²) in [7, 11) is 0. The first-order valence-corrected chi connectivity index (χ1v) is 6.20. The summed E-state index contributed by atoms with van der Waals surface area (Å²) in [6.07, 6.45) is 1.73. The molecular formula is C11H13IN2O2. The van der Waals surface area contributed by atoms with Gasteiger partial charge in [0.2, 0.25) is 0 Å². The lowest BCUT2D eigenvalue weighted by Gasteiger charge is -2.37. The fourth-order valence-electron chi connectivity index (χ4n) is 1.72. The van der Waals surface area contributed by atoms with E-state index in [-0.39, 0.29) is 5.91 Å². The molecule has 0 N–H and O–H groups in total. The summed E-state index contributed by atoms with van der Waals surface area (Å²) in [5.41, 5.74) is -0.810. The van der Waals surface area contributed by atoms with E-state index in [2.05, 4.69) is 27.6 Å². The molecule has 0 fully saturated rings. The van der Waals surface area contributed by atoms with Crippen LogP contribution in [-0.2, 0) is 4.79 Å². The summed E-state index contributed by atoms with van der Waals surface area (Å²) in [5.74, 6) is 1.25. The lowest BCUT2D eigenvalue weighted by molar-refractivity contribution is -0.132. The van der Waals surface area contributed by atoms with Crippen LogP contribution in [-0.4, -0.2) is 23.0 Å². The molecule has 1 aliphatic heterocycles. The Morgan fingerprint density at radius 3 is 2.88 bits per heavy atom. The normalized spacial score (nSPS) is 18.0. The van der Waals surface area contributed by atoms with Gasteiger partial charge in [0.15, 0.2) is 17.2 Å². The first-order chi connectivity index (χ1) is 7.45. The summed E-state index contributed by atoms with van der Waals surface area (Å²) in [6, 6.07) is 1.90. The molecular weight excluding hydrogens is 319 g/mol. The molecule has 0 aliphatic carbocycles. The second kappa shape index (κ2) is 3.87. The Bertz CT molecular complexity index is 446. The third-order valence-electron chi connectivity index (χ3n) is 2.50. The molecule has 0 spiro atoms. The summed E-state index contributed by atoms with van der Waals surface area (Å²) in [6.45, 7) is 6.09. The Morgan fingerprint density at radius 1 is 1.56 bits per heavy atom. The average Bonchev–Trinajstić information content (AvgIpc) is 2.20. The van der Waals surface area contributed by atoms with E-state index < -0.39 is 5.60 Å². The molecule has 0 radical (unpaired) electrons. The molecule has 0 unspecified atom stereocenters. The molecule has 1 amide bonds. The van der Waals surface area contributed by atoms with Gasteiger partial charge in [0, 0.05) is 16.3 Å². The molecule has 1 aromatic heterocycles. The van der Waals surface area contributed by atoms with Crippen molar-refractivity contribution in [3.05, 3.63) is 15.8 Å². The Labute approximate surface area is 108 Å². The highest BCUT2D eigenvalue weighted by atomic mass is 127. The van der Waals surface area contributed by atoms with Gasteiger partial charge < -0.3 is 4.74 Å². The summed E-state index contributed by atoms with van der Waals surface area (Å²) < 4.78 is 6.68. The topological polar surface area (TPSA) is 42.4 Å². The van der Waals surface area contributed by atoms with Crippen LogP contribution in [0.25, 0.3) is 0 Å². The first kappa shape index (κ1) is 11.6. The van der Waals surface area contributed by atoms with Crippen molar-refractivity contribution in [1.29, 1.82) is 0 Å². The van der Waals surface area contributed by atoms with Crippen LogP contribution < -0.4 is 9.64 Å². The number of pyridine rings is 1. The maximum atomic E-state index is 12.1. The van der Waals surface area contributed by atoms with Crippen molar-refractivity contribution in [1.82, 2.24) is 4.98 Å². The van der Waals surface area contributed by atoms with Crippen molar-refractivity contribution in [3.63, 3.8) is 0 Å². The van der Waals surface area contributed by atoms with Crippen LogP contribution in [0, 0.1) is 3.57 Å². The summed E-state index contributed by atoms with van der Waals surface area (Å²) in [4.78, 5) is 18.0. The molecule has 1 aliphatic rings. The number of nitrogens with zero attached hydrogens (tertiary/aromatic N) is 2. The quantitative estimate of drug-likeness (QED) is 0.741. The number of hydrogen-bond donors (Lipinski definition) is 0. The second-order valence-electron chi connectivity index (χ2n) is 4.14. The van der Waals surface area contributed by atoms with Gasteiger partial charge in [-0.3, -0.25) is 9.69 Å². The van der Waals surface area contributed by atoms with Crippen LogP contribution in [0.4, 0.5) is 5.82 Å². The van der Waals surface area contributed by atoms with Gasteiger partial charge in [-0.25, -0.2) is 4.98 Å². The number of carbonyl (C=O) groups excluding carboxylic acids is 1. The van der Waals surface area contributed by atoms with Crippen LogP contribution in [0.3, 0.4) is 0 Å². The van der Waals surface area contributed by atoms with Gasteiger partial charge in [0.25, 0.3) is 5.91 Å². The number of amides is 1. The van der Waals surface area contributed by atoms with E-state index in [0.717, 1.165) is 3.57 Å². The number of hydrogen-bond acceptors (Lipinski definition) is 3. The van der Waals surface area contributed by atoms with Gasteiger partial charge in [-0.1, -0.05) is 0 Å². The summed E-state index contributed by atoms with van der Waals surface area (Å²) in [5, 5.41) is 0. The van der Waals surface area contributed by atoms with Gasteiger partial charge in [-0.2, -0.15) is 0 Å². The van der Waals surface area contributed by atoms with E-state index in [9.17, 15) is 4.79 Å². The van der Waals surface area contributed by atoms with E-state index in [1.165, 1.54) is 0 Å². The molecule has 0 aromatic carbocycles. The minimum Gasteiger partial charge on any atom is -0.474 e. The van der Waals surface area contributed by atoms with Crippen LogP contribution in [0.1, 0.15) is 20.8 Å². The molecule has 0 saturated carbocycles. The van der Waals surface area contributed by atoms with Gasteiger partial charge in [-0.05, 0) is 49.4 Å². The molecule has 5 heteroatoms. The molecule has 0 bridgehead atoms. The Balaban J connectivity index is 2.55. The number of rotatable bonds is 1. The van der Waals surface area contributed by atoms with Gasteiger partial charge in [0.1, 0.15) is 0 Å². The second-order valence-corrected chi connectivity index (χ2v) is 5.38. The van der Waals surface area contributed by atoms with Gasteiger partial charge in [-0.15, -0.1) is 0 Å². The predicted octanol–water partition coefficient (Wildman–Crippen LogP) is 2.21. The number of halogens is 1. The minimum absolute atomic E-state index is 0.0452. The molecule has 4 nitrogen and oxygen atoms in total. The third-order valence-corrected chi connectivity index (χ3v) is 3.09. The molecule has 2 rings (SSSR count). The molecule has 16 heavy (non-hydrogen) atoms. The van der Waals surface area contributed by atoms with E-state index in [1.54, 1.807) is 24.9 Å². The van der Waals surface area contributed by atoms with E-state index in [1.807, 2.05) is 13.0 Å². The highest BCUT2D eigenvalue weighted by Crippen LogP contribution is 2.36. The Morgan fingerprint density at radius 2 is 2.25 bits per heavy atom. The SMILES string of the molecule is CCN1C(=O)C(C)(C)Oc2cc(I)cnc21. The van der Waals surface area contributed by atoms with Crippen molar-refractivity contribution in [2.24, 2.45) is 0 Å². The van der Waals surface area contributed by atoms with Crippen molar-refractivity contribution in [2.45, 2.75) is 26.4 Å². The smallest absolute Gasteiger partial charge is 0.271 e. The van der Waals surface area contributed by atoms with Crippen LogP contribution in [0.15, 0.2) is 12.3 Å². The van der Waals surface area contributed by atoms with Crippen LogP contribution >= 0.6 is 22.6 Å². The van der Waals surface area contributed by atoms with Gasteiger partial charge in [0.05, 0.1) is 0 Å². The van der Waals surface area contributed by atoms with Crippen molar-refractivity contribution in [3.8, 4) is 5.75 Å². The lowest BCUT2D eigenvalue weighted by atomic mass is 10.1. The molecule has 1 aromatic rings. The van der Waals surface area contributed by atoms with Crippen LogP contribution in [0.2, 0.25) is 0 Å². The number of anilines is 1. The fraction of sp³-hybridized carbons (Fsp3) is 0.455. The largest absolute Gasteiger partial charge is 0.474 e. The number of fused-ring (bicyclic) bond motifs is 1. The standard InChI is InChI=1S/C11H13IN2O2/c1-4-14-9-8(5-7(12)6-13-9)16-11(2,3)10(14)15/h5-6H,4H2,1-3H3. The maximum absolute atomic E-state index is 12.1. The first-order valence-electron chi connectivity index (χ1n) is 5.12. The number of ether oxygens (including phenoxy) is 1. The monoisotopic (exact) mass is 332 g/mol. The van der Waals surface area contributed by atoms with Crippen LogP contribution in [0.5, 0.6) is 5.75 Å². The highest BCUT2D eigenvalue weighted by molar-refractivity contribution is 14.1. The predicted molar refractivity (Wildman–Crippen MR) is 69.7 cm³/mol. The average molecular weight is 332 g/mol. The van der Waals surface area contributed by atoms with Crippen molar-refractivity contribution in [2.75, 3.05) is 11.4 Å². The number of carbonyl (C=O) groups is 1. The summed E-state index contributed by atoms with van der Waals surface area (Å²) >= 11 is 2.18. The van der Waals surface area contributed by atoms with E-state index in [4.69, 9.17) is 4.74 Å². The van der Waals surface area contributed by atoms with Crippen molar-refractivity contribution >= 4 is 34.3 Å². The molecule has 0 saturated heterocycles. The molecule has 2 heterocycles. The number of likely N-dealkylation sites (N-methyl/N-ethyl adjacent to an activating group) is 1. The molecule has 0 atom stereocenters. The minimum atomic E-state index is -0.810. The highest BCUT2D eigenvalue weighted by Gasteiger charge is 2.40. The zero-order chi connectivity index (χ0) is 11.9. The Kier molecular flexibility index (Phi) is 2.81. The van der Waals surface area contributed by atoms with Gasteiger partial charge >= 0.3 is 0 Å². The van der Waals surface area contributed by atoms with E-state index >= 15 is 0 Å². The zero-order valence-electron chi connectivity index (χ0n) is 9.45. The zero-order valence-corrected chi connectivity index (χ0v) is 11.6. The number of aromatic nitrogens is 1. The van der Waals surface area contributed by atoms with E-state index in [0.29, 0.717) is 18.1 Å². The third kappa shape index (κ3) is 1.77. The molecule has 86 valence electrons. The fourth-order valence-corrected chi connectivity index (χ4v) is 2.15. The lowest BCUT2D eigenvalue weighted by Crippen LogP contribution is -2.52. The maximum Gasteiger partial charge on any atom is 0.271 e. The van der Waals surface area contributed by atoms with Crippen molar-refractivity contribution < 1.29 is 9.53 Å².